The highest BCUT2D eigenvalue weighted by Gasteiger charge is 2.26. The summed E-state index contributed by atoms with van der Waals surface area (Å²) in [6.07, 6.45) is 1.81. The Morgan fingerprint density at radius 3 is 2.50 bits per heavy atom. The van der Waals surface area contributed by atoms with Gasteiger partial charge in [-0.15, -0.1) is 17.9 Å². The van der Waals surface area contributed by atoms with E-state index in [2.05, 4.69) is 6.58 Å². The average Bonchev–Trinajstić information content (AvgIpc) is 3.26. The number of hydrogen-bond donors (Lipinski definition) is 0. The van der Waals surface area contributed by atoms with Crippen LogP contribution in [0.4, 0.5) is 5.69 Å². The molecule has 0 N–H and O–H groups in total. The lowest BCUT2D eigenvalue weighted by molar-refractivity contribution is 0.0730. The first-order valence-corrected chi connectivity index (χ1v) is 13.0. The molecule has 10 heteroatoms. The van der Waals surface area contributed by atoms with Gasteiger partial charge in [-0.2, -0.15) is 4.31 Å². The zero-order valence-electron chi connectivity index (χ0n) is 19.1. The Balaban J connectivity index is 1.70. The number of rotatable bonds is 8. The summed E-state index contributed by atoms with van der Waals surface area (Å²) in [7, 11) is -0.287. The number of methoxy groups -OCH3 is 2. The third-order valence-electron chi connectivity index (χ3n) is 5.46. The number of ether oxygens (including phenoxy) is 3. The number of allylic oxidation sites excluding steroid dienone is 1. The lowest BCUT2D eigenvalue weighted by Gasteiger charge is -2.26. The lowest BCUT2D eigenvalue weighted by Crippen LogP contribution is -2.40. The van der Waals surface area contributed by atoms with Gasteiger partial charge < -0.3 is 18.8 Å². The monoisotopic (exact) mass is 501 g/mol. The van der Waals surface area contributed by atoms with E-state index < -0.39 is 10.0 Å². The van der Waals surface area contributed by atoms with Gasteiger partial charge in [-0.05, 0) is 42.5 Å². The molecule has 3 aromatic rings. The van der Waals surface area contributed by atoms with E-state index in [1.165, 1.54) is 15.6 Å². The zero-order valence-corrected chi connectivity index (χ0v) is 20.8. The predicted octanol–water partition coefficient (Wildman–Crippen LogP) is 3.67. The number of hydrogen-bond acceptors (Lipinski definition) is 7. The first-order valence-electron chi connectivity index (χ1n) is 10.7. The standard InChI is InChI=1S/C24H27N3O5S2/c1-4-11-27-22(21-16-19(30-2)7-10-23(21)31-3)17-33-24(27)25-18-5-8-20(9-6-18)34(28,29)26-12-14-32-15-13-26/h4-10,16-17H,1,11-15H2,2-3H3. The van der Waals surface area contributed by atoms with Gasteiger partial charge in [0.1, 0.15) is 11.5 Å². The topological polar surface area (TPSA) is 82.4 Å². The van der Waals surface area contributed by atoms with Crippen molar-refractivity contribution in [1.82, 2.24) is 8.87 Å². The van der Waals surface area contributed by atoms with Gasteiger partial charge in [-0.1, -0.05) is 6.08 Å². The van der Waals surface area contributed by atoms with Gasteiger partial charge in [0.15, 0.2) is 4.80 Å². The Bertz CT molecular complexity index is 1320. The molecule has 8 nitrogen and oxygen atoms in total. The molecule has 1 aliphatic rings. The van der Waals surface area contributed by atoms with Gasteiger partial charge in [-0.3, -0.25) is 0 Å². The van der Waals surface area contributed by atoms with Crippen molar-refractivity contribution in [3.63, 3.8) is 0 Å². The number of sulfonamides is 1. The molecule has 180 valence electrons. The number of aromatic nitrogens is 1. The van der Waals surface area contributed by atoms with Crippen molar-refractivity contribution in [2.75, 3.05) is 40.5 Å². The first kappa shape index (κ1) is 24.2. The smallest absolute Gasteiger partial charge is 0.243 e. The maximum absolute atomic E-state index is 12.9. The number of benzene rings is 2. The molecule has 2 heterocycles. The van der Waals surface area contributed by atoms with Crippen LogP contribution in [0.15, 0.2) is 70.4 Å². The van der Waals surface area contributed by atoms with Crippen LogP contribution in [-0.2, 0) is 21.3 Å². The molecule has 0 radical (unpaired) electrons. The normalized spacial score (nSPS) is 15.3. The van der Waals surface area contributed by atoms with E-state index in [9.17, 15) is 8.42 Å². The van der Waals surface area contributed by atoms with Crippen molar-refractivity contribution in [2.24, 2.45) is 4.99 Å². The highest BCUT2D eigenvalue weighted by atomic mass is 32.2. The van der Waals surface area contributed by atoms with Crippen LogP contribution in [0.5, 0.6) is 11.5 Å². The van der Waals surface area contributed by atoms with Crippen molar-refractivity contribution in [3.05, 3.63) is 65.3 Å². The zero-order chi connectivity index (χ0) is 24.1. The second kappa shape index (κ2) is 10.6. The van der Waals surface area contributed by atoms with Crippen LogP contribution in [0, 0.1) is 0 Å². The molecule has 0 unspecified atom stereocenters. The van der Waals surface area contributed by atoms with Crippen molar-refractivity contribution >= 4 is 27.0 Å². The second-order valence-electron chi connectivity index (χ2n) is 7.49. The van der Waals surface area contributed by atoms with Crippen LogP contribution in [0.2, 0.25) is 0 Å². The molecule has 0 spiro atoms. The Morgan fingerprint density at radius 1 is 1.12 bits per heavy atom. The molecule has 0 amide bonds. The minimum atomic E-state index is -3.54. The van der Waals surface area contributed by atoms with Crippen molar-refractivity contribution in [1.29, 1.82) is 0 Å². The number of thiazole rings is 1. The molecule has 1 aliphatic heterocycles. The Labute approximate surface area is 203 Å². The maximum Gasteiger partial charge on any atom is 0.243 e. The molecule has 1 aromatic heterocycles. The van der Waals surface area contributed by atoms with E-state index in [1.54, 1.807) is 44.6 Å². The summed E-state index contributed by atoms with van der Waals surface area (Å²) in [5.74, 6) is 1.45. The highest BCUT2D eigenvalue weighted by Crippen LogP contribution is 2.34. The SMILES string of the molecule is C=CCn1c(-c2cc(OC)ccc2OC)csc1=Nc1ccc(S(=O)(=O)N2CCOCC2)cc1. The molecular weight excluding hydrogens is 474 g/mol. The number of morpholine rings is 1. The van der Waals surface area contributed by atoms with Gasteiger partial charge in [0.05, 0.1) is 43.7 Å². The maximum atomic E-state index is 12.9. The van der Waals surface area contributed by atoms with E-state index in [-0.39, 0.29) is 4.90 Å². The van der Waals surface area contributed by atoms with E-state index in [0.717, 1.165) is 27.6 Å². The van der Waals surface area contributed by atoms with Crippen LogP contribution in [0.3, 0.4) is 0 Å². The van der Waals surface area contributed by atoms with Crippen molar-refractivity contribution in [3.8, 4) is 22.8 Å². The quantitative estimate of drug-likeness (QED) is 0.440. The van der Waals surface area contributed by atoms with E-state index in [0.29, 0.717) is 38.5 Å². The van der Waals surface area contributed by atoms with Crippen molar-refractivity contribution in [2.45, 2.75) is 11.4 Å². The largest absolute Gasteiger partial charge is 0.497 e. The molecule has 1 fully saturated rings. The molecule has 0 atom stereocenters. The first-order chi connectivity index (χ1) is 16.5. The highest BCUT2D eigenvalue weighted by molar-refractivity contribution is 7.89. The fraction of sp³-hybridized carbons (Fsp3) is 0.292. The van der Waals surface area contributed by atoms with Gasteiger partial charge in [-0.25, -0.2) is 13.4 Å². The van der Waals surface area contributed by atoms with Gasteiger partial charge in [0, 0.05) is 30.6 Å². The van der Waals surface area contributed by atoms with Crippen LogP contribution in [0.1, 0.15) is 0 Å². The van der Waals surface area contributed by atoms with Gasteiger partial charge in [0.25, 0.3) is 0 Å². The molecule has 0 saturated carbocycles. The summed E-state index contributed by atoms with van der Waals surface area (Å²) >= 11 is 1.48. The minimum absolute atomic E-state index is 0.250. The fourth-order valence-corrected chi connectivity index (χ4v) is 6.03. The molecule has 34 heavy (non-hydrogen) atoms. The summed E-state index contributed by atoms with van der Waals surface area (Å²) in [4.78, 5) is 5.78. The summed E-state index contributed by atoms with van der Waals surface area (Å²) in [6, 6.07) is 12.3. The summed E-state index contributed by atoms with van der Waals surface area (Å²) in [5.41, 5.74) is 2.46. The Morgan fingerprint density at radius 2 is 1.85 bits per heavy atom. The van der Waals surface area contributed by atoms with E-state index in [1.807, 2.05) is 28.1 Å². The van der Waals surface area contributed by atoms with E-state index >= 15 is 0 Å². The van der Waals surface area contributed by atoms with Gasteiger partial charge in [0.2, 0.25) is 10.0 Å². The number of nitrogens with zero attached hydrogens (tertiary/aromatic N) is 3. The molecule has 0 bridgehead atoms. The Hall–Kier alpha value is -2.92. The predicted molar refractivity (Wildman–Crippen MR) is 132 cm³/mol. The third-order valence-corrected chi connectivity index (χ3v) is 8.24. The van der Waals surface area contributed by atoms with Crippen LogP contribution in [-0.4, -0.2) is 57.8 Å². The minimum Gasteiger partial charge on any atom is -0.497 e. The van der Waals surface area contributed by atoms with E-state index in [4.69, 9.17) is 19.2 Å². The van der Waals surface area contributed by atoms with Crippen LogP contribution < -0.4 is 14.3 Å². The lowest BCUT2D eigenvalue weighted by atomic mass is 10.1. The molecule has 0 aliphatic carbocycles. The Kier molecular flexibility index (Phi) is 7.52. The van der Waals surface area contributed by atoms with Crippen molar-refractivity contribution < 1.29 is 22.6 Å². The third kappa shape index (κ3) is 4.95. The molecule has 1 saturated heterocycles. The summed E-state index contributed by atoms with van der Waals surface area (Å²) < 4.78 is 45.5. The summed E-state index contributed by atoms with van der Waals surface area (Å²) in [6.45, 7) is 5.98. The average molecular weight is 502 g/mol. The van der Waals surface area contributed by atoms with Crippen LogP contribution >= 0.6 is 11.3 Å². The summed E-state index contributed by atoms with van der Waals surface area (Å²) in [5, 5.41) is 2.01. The molecule has 4 rings (SSSR count). The molecular formula is C24H27N3O5S2. The second-order valence-corrected chi connectivity index (χ2v) is 10.3. The fourth-order valence-electron chi connectivity index (χ4n) is 3.69. The van der Waals surface area contributed by atoms with Gasteiger partial charge >= 0.3 is 0 Å². The molecule has 2 aromatic carbocycles. The van der Waals surface area contributed by atoms with Crippen LogP contribution in [0.25, 0.3) is 11.3 Å².